The van der Waals surface area contributed by atoms with Crippen molar-refractivity contribution in [3.8, 4) is 17.0 Å². The summed E-state index contributed by atoms with van der Waals surface area (Å²) in [6, 6.07) is 27.1. The third-order valence-electron chi connectivity index (χ3n) is 4.56. The Bertz CT molecular complexity index is 1090. The number of nitrogens with zero attached hydrogens (tertiary/aromatic N) is 2. The van der Waals surface area contributed by atoms with Crippen LogP contribution in [0.15, 0.2) is 91.1 Å². The highest BCUT2D eigenvalue weighted by Gasteiger charge is 2.17. The largest absolute Gasteiger partial charge is 0.489 e. The summed E-state index contributed by atoms with van der Waals surface area (Å²) in [5.41, 5.74) is 3.58. The van der Waals surface area contributed by atoms with Crippen LogP contribution in [0.5, 0.6) is 5.75 Å². The van der Waals surface area contributed by atoms with Crippen molar-refractivity contribution < 1.29 is 14.6 Å². The molecule has 0 bridgehead atoms. The Morgan fingerprint density at radius 1 is 0.862 bits per heavy atom. The molecule has 1 heterocycles. The third-order valence-corrected chi connectivity index (χ3v) is 4.56. The molecule has 5 nitrogen and oxygen atoms in total. The first-order chi connectivity index (χ1) is 14.2. The highest BCUT2D eigenvalue weighted by Crippen LogP contribution is 2.23. The molecule has 144 valence electrons. The monoisotopic (exact) mass is 384 g/mol. The minimum absolute atomic E-state index is 0.194. The Morgan fingerprint density at radius 2 is 1.52 bits per heavy atom. The summed E-state index contributed by atoms with van der Waals surface area (Å²) in [6.07, 6.45) is 1.57. The van der Waals surface area contributed by atoms with E-state index in [1.807, 2.05) is 84.9 Å². The molecule has 4 aromatic rings. The van der Waals surface area contributed by atoms with Gasteiger partial charge in [-0.05, 0) is 23.3 Å². The lowest BCUT2D eigenvalue weighted by Gasteiger charge is -2.07. The van der Waals surface area contributed by atoms with E-state index in [2.05, 4.69) is 5.10 Å². The van der Waals surface area contributed by atoms with Crippen molar-refractivity contribution in [3.63, 3.8) is 0 Å². The number of hydrogen-bond donors (Lipinski definition) is 1. The minimum atomic E-state index is -0.986. The number of benzene rings is 3. The quantitative estimate of drug-likeness (QED) is 0.493. The number of carboxylic acid groups (broad SMARTS) is 1. The molecule has 1 N–H and O–H groups in total. The van der Waals surface area contributed by atoms with Crippen molar-refractivity contribution in [1.82, 2.24) is 9.78 Å². The van der Waals surface area contributed by atoms with E-state index in [-0.39, 0.29) is 5.56 Å². The fourth-order valence-electron chi connectivity index (χ4n) is 3.09. The first kappa shape index (κ1) is 18.5. The van der Waals surface area contributed by atoms with Gasteiger partial charge in [-0.2, -0.15) is 5.10 Å². The van der Waals surface area contributed by atoms with Gasteiger partial charge in [-0.25, -0.2) is 4.79 Å². The van der Waals surface area contributed by atoms with E-state index >= 15 is 0 Å². The van der Waals surface area contributed by atoms with Gasteiger partial charge >= 0.3 is 5.97 Å². The number of hydrogen-bond acceptors (Lipinski definition) is 3. The first-order valence-corrected chi connectivity index (χ1v) is 9.31. The number of aromatic nitrogens is 2. The molecule has 0 aliphatic carbocycles. The smallest absolute Gasteiger partial charge is 0.339 e. The van der Waals surface area contributed by atoms with Crippen molar-refractivity contribution in [2.24, 2.45) is 0 Å². The topological polar surface area (TPSA) is 64.3 Å². The second-order valence-electron chi connectivity index (χ2n) is 6.68. The van der Waals surface area contributed by atoms with Gasteiger partial charge in [0.05, 0.1) is 6.54 Å². The molecule has 0 radical (unpaired) electrons. The van der Waals surface area contributed by atoms with Crippen LogP contribution < -0.4 is 4.74 Å². The summed E-state index contributed by atoms with van der Waals surface area (Å²) in [5.74, 6) is -0.200. The summed E-state index contributed by atoms with van der Waals surface area (Å²) in [6.45, 7) is 0.994. The van der Waals surface area contributed by atoms with Crippen molar-refractivity contribution in [1.29, 1.82) is 0 Å². The second kappa shape index (κ2) is 8.44. The zero-order valence-electron chi connectivity index (χ0n) is 15.7. The van der Waals surface area contributed by atoms with Gasteiger partial charge in [0.25, 0.3) is 0 Å². The van der Waals surface area contributed by atoms with Gasteiger partial charge in [-0.15, -0.1) is 0 Å². The standard InChI is InChI=1S/C24H20N2O3/c27-24(28)22-16-26(25-23(22)20-9-5-2-6-10-20)15-18-11-13-21(14-12-18)29-17-19-7-3-1-4-8-19/h1-14,16H,15,17H2,(H,27,28). The number of rotatable bonds is 7. The first-order valence-electron chi connectivity index (χ1n) is 9.31. The lowest BCUT2D eigenvalue weighted by molar-refractivity contribution is 0.0697. The van der Waals surface area contributed by atoms with Gasteiger partial charge in [0, 0.05) is 11.8 Å². The van der Waals surface area contributed by atoms with Crippen molar-refractivity contribution in [2.45, 2.75) is 13.2 Å². The lowest BCUT2D eigenvalue weighted by Crippen LogP contribution is -2.01. The van der Waals surface area contributed by atoms with E-state index in [9.17, 15) is 9.90 Å². The predicted octanol–water partition coefficient (Wildman–Crippen LogP) is 4.88. The van der Waals surface area contributed by atoms with Gasteiger partial charge < -0.3 is 9.84 Å². The molecule has 0 unspecified atom stereocenters. The lowest BCUT2D eigenvalue weighted by atomic mass is 10.1. The van der Waals surface area contributed by atoms with Crippen LogP contribution >= 0.6 is 0 Å². The molecule has 0 amide bonds. The second-order valence-corrected chi connectivity index (χ2v) is 6.68. The fraction of sp³-hybridized carbons (Fsp3) is 0.0833. The average Bonchev–Trinajstić information content (AvgIpc) is 3.19. The highest BCUT2D eigenvalue weighted by atomic mass is 16.5. The summed E-state index contributed by atoms with van der Waals surface area (Å²) >= 11 is 0. The molecule has 0 fully saturated rings. The molecule has 3 aromatic carbocycles. The Balaban J connectivity index is 1.47. The summed E-state index contributed by atoms with van der Waals surface area (Å²) < 4.78 is 7.47. The van der Waals surface area contributed by atoms with Gasteiger partial charge in [0.1, 0.15) is 23.6 Å². The Kier molecular flexibility index (Phi) is 5.38. The predicted molar refractivity (Wildman–Crippen MR) is 111 cm³/mol. The molecule has 0 saturated heterocycles. The summed E-state index contributed by atoms with van der Waals surface area (Å²) in [4.78, 5) is 11.6. The van der Waals surface area contributed by atoms with Crippen LogP contribution in [0.25, 0.3) is 11.3 Å². The maximum Gasteiger partial charge on any atom is 0.339 e. The summed E-state index contributed by atoms with van der Waals surface area (Å²) in [5, 5.41) is 14.0. The Labute approximate surface area is 168 Å². The molecule has 1 aromatic heterocycles. The van der Waals surface area contributed by atoms with E-state index in [1.165, 1.54) is 0 Å². The average molecular weight is 384 g/mol. The molecule has 0 atom stereocenters. The van der Waals surface area contributed by atoms with Gasteiger partial charge in [0.2, 0.25) is 0 Å². The SMILES string of the molecule is O=C(O)c1cn(Cc2ccc(OCc3ccccc3)cc2)nc1-c1ccccc1. The third kappa shape index (κ3) is 4.52. The molecular weight excluding hydrogens is 364 g/mol. The van der Waals surface area contributed by atoms with Crippen LogP contribution in [0.1, 0.15) is 21.5 Å². The number of ether oxygens (including phenoxy) is 1. The van der Waals surface area contributed by atoms with E-state index in [4.69, 9.17) is 4.74 Å². The van der Waals surface area contributed by atoms with Crippen LogP contribution in [0.4, 0.5) is 0 Å². The minimum Gasteiger partial charge on any atom is -0.489 e. The fourth-order valence-corrected chi connectivity index (χ4v) is 3.09. The summed E-state index contributed by atoms with van der Waals surface area (Å²) in [7, 11) is 0. The van der Waals surface area contributed by atoms with E-state index in [0.717, 1.165) is 22.4 Å². The normalized spacial score (nSPS) is 10.6. The van der Waals surface area contributed by atoms with Gasteiger partial charge in [-0.1, -0.05) is 72.8 Å². The molecule has 0 aliphatic rings. The van der Waals surface area contributed by atoms with Gasteiger partial charge in [-0.3, -0.25) is 4.68 Å². The Hall–Kier alpha value is -3.86. The number of aromatic carboxylic acids is 1. The maximum absolute atomic E-state index is 11.6. The van der Waals surface area contributed by atoms with Crippen LogP contribution in [0.3, 0.4) is 0 Å². The molecular formula is C24H20N2O3. The van der Waals surface area contributed by atoms with Crippen molar-refractivity contribution in [2.75, 3.05) is 0 Å². The van der Waals surface area contributed by atoms with Crippen molar-refractivity contribution in [3.05, 3.63) is 108 Å². The zero-order valence-corrected chi connectivity index (χ0v) is 15.7. The van der Waals surface area contributed by atoms with Crippen LogP contribution in [0, 0.1) is 0 Å². The maximum atomic E-state index is 11.6. The molecule has 0 saturated carbocycles. The van der Waals surface area contributed by atoms with Crippen LogP contribution in [-0.4, -0.2) is 20.9 Å². The number of carbonyl (C=O) groups is 1. The Morgan fingerprint density at radius 3 is 2.17 bits per heavy atom. The molecule has 0 spiro atoms. The highest BCUT2D eigenvalue weighted by molar-refractivity contribution is 5.94. The van der Waals surface area contributed by atoms with Crippen LogP contribution in [-0.2, 0) is 13.2 Å². The molecule has 5 heteroatoms. The molecule has 4 rings (SSSR count). The van der Waals surface area contributed by atoms with E-state index in [1.54, 1.807) is 10.9 Å². The van der Waals surface area contributed by atoms with Crippen molar-refractivity contribution >= 4 is 5.97 Å². The van der Waals surface area contributed by atoms with E-state index < -0.39 is 5.97 Å². The zero-order chi connectivity index (χ0) is 20.1. The molecule has 0 aliphatic heterocycles. The van der Waals surface area contributed by atoms with Crippen LogP contribution in [0.2, 0.25) is 0 Å². The van der Waals surface area contributed by atoms with Gasteiger partial charge in [0.15, 0.2) is 0 Å². The number of carboxylic acids is 1. The molecule has 29 heavy (non-hydrogen) atoms. The van der Waals surface area contributed by atoms with E-state index in [0.29, 0.717) is 18.8 Å².